The second-order valence-corrected chi connectivity index (χ2v) is 7.21. The highest BCUT2D eigenvalue weighted by Gasteiger charge is 2.06. The van der Waals surface area contributed by atoms with Crippen molar-refractivity contribution in [1.29, 1.82) is 0 Å². The summed E-state index contributed by atoms with van der Waals surface area (Å²) in [6.07, 6.45) is 5.18. The van der Waals surface area contributed by atoms with Crippen LogP contribution in [0.15, 0.2) is 0 Å². The van der Waals surface area contributed by atoms with Crippen molar-refractivity contribution in [2.24, 2.45) is 0 Å². The van der Waals surface area contributed by atoms with E-state index in [-0.39, 0.29) is 0 Å². The van der Waals surface area contributed by atoms with Gasteiger partial charge in [0.2, 0.25) is 0 Å². The van der Waals surface area contributed by atoms with Gasteiger partial charge >= 0.3 is 0 Å². The standard InChI is InChI=1S/C10H18S5/c1-2-4-13-6-7-15-10(8-12)9-14-5-3-11/h1,10-12H,3-9H2. The molecule has 0 aromatic carbocycles. The molecule has 1 unspecified atom stereocenters. The van der Waals surface area contributed by atoms with Crippen LogP contribution in [0, 0.1) is 12.3 Å². The zero-order chi connectivity index (χ0) is 11.4. The lowest BCUT2D eigenvalue weighted by atomic mass is 10.5. The topological polar surface area (TPSA) is 0 Å². The number of rotatable bonds is 10. The van der Waals surface area contributed by atoms with Crippen LogP contribution in [0.1, 0.15) is 0 Å². The molecule has 0 aromatic heterocycles. The normalized spacial score (nSPS) is 12.3. The minimum Gasteiger partial charge on any atom is -0.179 e. The molecule has 0 aliphatic heterocycles. The Bertz CT molecular complexity index is 166. The van der Waals surface area contributed by atoms with Crippen molar-refractivity contribution in [2.75, 3.05) is 40.3 Å². The summed E-state index contributed by atoms with van der Waals surface area (Å²) in [7, 11) is 0. The molecule has 0 rings (SSSR count). The maximum atomic E-state index is 5.18. The summed E-state index contributed by atoms with van der Waals surface area (Å²) in [6.45, 7) is 0. The van der Waals surface area contributed by atoms with Crippen LogP contribution in [0.3, 0.4) is 0 Å². The van der Waals surface area contributed by atoms with Gasteiger partial charge in [-0.05, 0) is 5.75 Å². The predicted octanol–water partition coefficient (Wildman–Crippen LogP) is 3.05. The highest BCUT2D eigenvalue weighted by Crippen LogP contribution is 2.19. The smallest absolute Gasteiger partial charge is 0.0545 e. The molecule has 0 fully saturated rings. The van der Waals surface area contributed by atoms with Gasteiger partial charge in [0.25, 0.3) is 0 Å². The molecule has 0 amide bonds. The molecule has 0 saturated heterocycles. The fourth-order valence-corrected chi connectivity index (χ4v) is 4.75. The van der Waals surface area contributed by atoms with Gasteiger partial charge in [-0.15, -0.1) is 18.2 Å². The van der Waals surface area contributed by atoms with E-state index < -0.39 is 0 Å². The Morgan fingerprint density at radius 1 is 1.13 bits per heavy atom. The Labute approximate surface area is 118 Å². The lowest BCUT2D eigenvalue weighted by Crippen LogP contribution is -2.10. The zero-order valence-electron chi connectivity index (χ0n) is 8.72. The van der Waals surface area contributed by atoms with Crippen LogP contribution >= 0.6 is 60.5 Å². The minimum absolute atomic E-state index is 0.671. The number of hydrogen-bond acceptors (Lipinski definition) is 5. The SMILES string of the molecule is C#CCSCCSC(CS)CSCCS. The first-order chi connectivity index (χ1) is 7.35. The zero-order valence-corrected chi connectivity index (χ0v) is 13.0. The van der Waals surface area contributed by atoms with E-state index in [4.69, 9.17) is 6.42 Å². The number of hydrogen-bond donors (Lipinski definition) is 2. The highest BCUT2D eigenvalue weighted by atomic mass is 32.2. The number of thioether (sulfide) groups is 3. The summed E-state index contributed by atoms with van der Waals surface area (Å²) in [5.41, 5.74) is 0. The molecule has 0 spiro atoms. The quantitative estimate of drug-likeness (QED) is 0.362. The van der Waals surface area contributed by atoms with Crippen LogP contribution in [0.25, 0.3) is 0 Å². The van der Waals surface area contributed by atoms with Gasteiger partial charge in [-0.25, -0.2) is 0 Å². The van der Waals surface area contributed by atoms with E-state index >= 15 is 0 Å². The highest BCUT2D eigenvalue weighted by molar-refractivity contribution is 8.05. The molecule has 5 heteroatoms. The van der Waals surface area contributed by atoms with Crippen molar-refractivity contribution in [3.8, 4) is 12.3 Å². The van der Waals surface area contributed by atoms with E-state index in [2.05, 4.69) is 31.2 Å². The van der Waals surface area contributed by atoms with Gasteiger partial charge in [-0.1, -0.05) is 5.92 Å². The maximum Gasteiger partial charge on any atom is 0.0545 e. The maximum absolute atomic E-state index is 5.18. The fraction of sp³-hybridized carbons (Fsp3) is 0.800. The molecule has 15 heavy (non-hydrogen) atoms. The third-order valence-corrected chi connectivity index (χ3v) is 6.43. The van der Waals surface area contributed by atoms with Crippen molar-refractivity contribution >= 4 is 60.5 Å². The second-order valence-electron chi connectivity index (χ2n) is 2.73. The third kappa shape index (κ3) is 11.6. The molecular weight excluding hydrogens is 280 g/mol. The minimum atomic E-state index is 0.671. The summed E-state index contributed by atoms with van der Waals surface area (Å²) >= 11 is 14.4. The third-order valence-electron chi connectivity index (χ3n) is 1.51. The molecular formula is C10H18S5. The monoisotopic (exact) mass is 298 g/mol. The Balaban J connectivity index is 3.32. The summed E-state index contributed by atoms with van der Waals surface area (Å²) in [4.78, 5) is 0. The average molecular weight is 299 g/mol. The van der Waals surface area contributed by atoms with Crippen LogP contribution in [-0.4, -0.2) is 45.5 Å². The summed E-state index contributed by atoms with van der Waals surface area (Å²) in [5.74, 6) is 10.1. The van der Waals surface area contributed by atoms with Crippen LogP contribution in [0.2, 0.25) is 0 Å². The first-order valence-electron chi connectivity index (χ1n) is 4.77. The molecule has 1 atom stereocenters. The lowest BCUT2D eigenvalue weighted by Gasteiger charge is -2.12. The van der Waals surface area contributed by atoms with Gasteiger partial charge in [0.05, 0.1) is 5.75 Å². The van der Waals surface area contributed by atoms with Gasteiger partial charge in [0.1, 0.15) is 0 Å². The van der Waals surface area contributed by atoms with Gasteiger partial charge in [-0.2, -0.15) is 48.8 Å². The van der Waals surface area contributed by atoms with Gasteiger partial charge in [0.15, 0.2) is 0 Å². The van der Waals surface area contributed by atoms with Gasteiger partial charge < -0.3 is 0 Å². The second kappa shape index (κ2) is 13.4. The molecule has 0 radical (unpaired) electrons. The lowest BCUT2D eigenvalue weighted by molar-refractivity contribution is 1.15. The van der Waals surface area contributed by atoms with Crippen LogP contribution in [0.5, 0.6) is 0 Å². The van der Waals surface area contributed by atoms with Crippen LogP contribution < -0.4 is 0 Å². The molecule has 0 nitrogen and oxygen atoms in total. The van der Waals surface area contributed by atoms with E-state index in [1.165, 1.54) is 11.5 Å². The van der Waals surface area contributed by atoms with Crippen LogP contribution in [-0.2, 0) is 0 Å². The summed E-state index contributed by atoms with van der Waals surface area (Å²) < 4.78 is 0. The fourth-order valence-electron chi connectivity index (χ4n) is 0.838. The van der Waals surface area contributed by atoms with Crippen molar-refractivity contribution in [1.82, 2.24) is 0 Å². The van der Waals surface area contributed by atoms with E-state index in [1.807, 2.05) is 35.3 Å². The van der Waals surface area contributed by atoms with Crippen molar-refractivity contribution in [2.45, 2.75) is 5.25 Å². The molecule has 0 heterocycles. The van der Waals surface area contributed by atoms with E-state index in [1.54, 1.807) is 0 Å². The molecule has 88 valence electrons. The molecule has 0 saturated carbocycles. The average Bonchev–Trinajstić information content (AvgIpc) is 2.26. The Morgan fingerprint density at radius 3 is 2.53 bits per heavy atom. The Hall–Kier alpha value is 1.31. The van der Waals surface area contributed by atoms with E-state index in [0.29, 0.717) is 5.25 Å². The first-order valence-corrected chi connectivity index (χ1v) is 9.39. The molecule has 0 aliphatic rings. The summed E-state index contributed by atoms with van der Waals surface area (Å²) in [6, 6.07) is 0. The van der Waals surface area contributed by atoms with Gasteiger partial charge in [0, 0.05) is 34.0 Å². The molecule has 0 aliphatic carbocycles. The molecule has 0 N–H and O–H groups in total. The van der Waals surface area contributed by atoms with Crippen molar-refractivity contribution in [3.63, 3.8) is 0 Å². The predicted molar refractivity (Wildman–Crippen MR) is 87.4 cm³/mol. The first kappa shape index (κ1) is 16.3. The number of terminal acetylenes is 1. The van der Waals surface area contributed by atoms with Gasteiger partial charge in [-0.3, -0.25) is 0 Å². The van der Waals surface area contributed by atoms with E-state index in [0.717, 1.165) is 28.8 Å². The summed E-state index contributed by atoms with van der Waals surface area (Å²) in [5, 5.41) is 0.671. The number of thiol groups is 2. The van der Waals surface area contributed by atoms with Crippen molar-refractivity contribution in [3.05, 3.63) is 0 Å². The van der Waals surface area contributed by atoms with Crippen LogP contribution in [0.4, 0.5) is 0 Å². The Kier molecular flexibility index (Phi) is 14.5. The van der Waals surface area contributed by atoms with Crippen molar-refractivity contribution < 1.29 is 0 Å². The Morgan fingerprint density at radius 2 is 1.93 bits per heavy atom. The molecule has 0 aromatic rings. The molecule has 0 bridgehead atoms. The largest absolute Gasteiger partial charge is 0.179 e. The van der Waals surface area contributed by atoms with E-state index in [9.17, 15) is 0 Å².